The van der Waals surface area contributed by atoms with E-state index in [0.717, 1.165) is 0 Å². The van der Waals surface area contributed by atoms with Crippen LogP contribution in [0.3, 0.4) is 0 Å². The quantitative estimate of drug-likeness (QED) is 0.471. The highest BCUT2D eigenvalue weighted by atomic mass is 16.2. The number of piperazine rings is 2. The Balaban J connectivity index is 1.62. The Morgan fingerprint density at radius 1 is 0.500 bits per heavy atom. The Bertz CT molecular complexity index is 621. The first-order chi connectivity index (χ1) is 16.4. The first-order valence-corrected chi connectivity index (χ1v) is 13.0. The molecule has 0 aromatic carbocycles. The van der Waals surface area contributed by atoms with Gasteiger partial charge in [-0.05, 0) is 40.5 Å². The van der Waals surface area contributed by atoms with Crippen molar-refractivity contribution in [2.45, 2.75) is 53.4 Å². The molecule has 0 atom stereocenters. The Hall–Kier alpha value is -2.52. The van der Waals surface area contributed by atoms with Crippen LogP contribution >= 0.6 is 0 Å². The van der Waals surface area contributed by atoms with E-state index in [1.807, 2.05) is 47.3 Å². The monoisotopic (exact) mass is 480 g/mol. The molecule has 2 rings (SSSR count). The fourth-order valence-corrected chi connectivity index (χ4v) is 4.55. The van der Waals surface area contributed by atoms with Crippen LogP contribution in [0, 0.1) is 0 Å². The van der Waals surface area contributed by atoms with Gasteiger partial charge in [0.05, 0.1) is 0 Å². The van der Waals surface area contributed by atoms with Crippen LogP contribution in [0.1, 0.15) is 53.4 Å². The van der Waals surface area contributed by atoms with Gasteiger partial charge >= 0.3 is 12.1 Å². The van der Waals surface area contributed by atoms with Gasteiger partial charge in [0.1, 0.15) is 0 Å². The Kier molecular flexibility index (Phi) is 11.4. The molecule has 0 unspecified atom stereocenters. The van der Waals surface area contributed by atoms with Crippen molar-refractivity contribution in [3.63, 3.8) is 0 Å². The number of hydrogen-bond acceptors (Lipinski definition) is 4. The van der Waals surface area contributed by atoms with Crippen LogP contribution in [0.5, 0.6) is 0 Å². The number of urea groups is 2. The van der Waals surface area contributed by atoms with E-state index < -0.39 is 0 Å². The van der Waals surface area contributed by atoms with Crippen molar-refractivity contribution in [3.8, 4) is 0 Å². The molecule has 0 aromatic heterocycles. The number of amides is 6. The van der Waals surface area contributed by atoms with Gasteiger partial charge in [-0.2, -0.15) is 0 Å². The van der Waals surface area contributed by atoms with Gasteiger partial charge < -0.3 is 29.4 Å². The lowest BCUT2D eigenvalue weighted by Gasteiger charge is -2.37. The summed E-state index contributed by atoms with van der Waals surface area (Å²) in [5.41, 5.74) is 0. The molecule has 2 aliphatic heterocycles. The summed E-state index contributed by atoms with van der Waals surface area (Å²) in [6.07, 6.45) is 2.24. The van der Waals surface area contributed by atoms with E-state index >= 15 is 0 Å². The van der Waals surface area contributed by atoms with Crippen molar-refractivity contribution in [1.29, 1.82) is 0 Å². The van der Waals surface area contributed by atoms with Gasteiger partial charge in [-0.1, -0.05) is 0 Å². The van der Waals surface area contributed by atoms with E-state index in [-0.39, 0.29) is 23.9 Å². The maximum absolute atomic E-state index is 12.5. The third kappa shape index (κ3) is 7.50. The minimum atomic E-state index is 0.0499. The highest BCUT2D eigenvalue weighted by Gasteiger charge is 2.27. The molecule has 2 saturated heterocycles. The molecule has 0 aromatic rings. The standard InChI is InChI=1S/C24H44N6O4/c1-5-25(6-2)23(33)29-17-13-27(14-18-29)21(31)11-9-10-12-22(32)28-15-19-30(20-16-28)24(34)26(7-3)8-4/h5-20H2,1-4H3. The molecule has 2 aliphatic rings. The van der Waals surface area contributed by atoms with Gasteiger partial charge in [0.25, 0.3) is 0 Å². The SMILES string of the molecule is CCN(CC)C(=O)N1CCN(C(=O)CCCCC(=O)N2CCN(C(=O)N(CC)CC)CC2)CC1. The summed E-state index contributed by atoms with van der Waals surface area (Å²) in [6, 6.07) is 0.0997. The second kappa shape index (κ2) is 14.0. The maximum atomic E-state index is 12.5. The summed E-state index contributed by atoms with van der Waals surface area (Å²) in [5, 5.41) is 0. The average molecular weight is 481 g/mol. The van der Waals surface area contributed by atoms with Crippen LogP contribution in [0.2, 0.25) is 0 Å². The predicted octanol–water partition coefficient (Wildman–Crippen LogP) is 1.76. The van der Waals surface area contributed by atoms with Gasteiger partial charge in [-0.15, -0.1) is 0 Å². The van der Waals surface area contributed by atoms with Gasteiger partial charge in [-0.3, -0.25) is 9.59 Å². The normalized spacial score (nSPS) is 16.5. The summed E-state index contributed by atoms with van der Waals surface area (Å²) in [5.74, 6) is 0.205. The van der Waals surface area contributed by atoms with E-state index in [4.69, 9.17) is 0 Å². The van der Waals surface area contributed by atoms with E-state index in [1.165, 1.54) is 0 Å². The third-order valence-electron chi connectivity index (χ3n) is 6.91. The minimum Gasteiger partial charge on any atom is -0.339 e. The van der Waals surface area contributed by atoms with Crippen molar-refractivity contribution >= 4 is 23.9 Å². The molecule has 194 valence electrons. The fraction of sp³-hybridized carbons (Fsp3) is 0.833. The molecule has 0 bridgehead atoms. The van der Waals surface area contributed by atoms with Crippen molar-refractivity contribution < 1.29 is 19.2 Å². The van der Waals surface area contributed by atoms with E-state index in [1.54, 1.807) is 9.80 Å². The highest BCUT2D eigenvalue weighted by molar-refractivity contribution is 5.79. The zero-order valence-electron chi connectivity index (χ0n) is 21.6. The lowest BCUT2D eigenvalue weighted by Crippen LogP contribution is -2.54. The number of carbonyl (C=O) groups is 4. The Morgan fingerprint density at radius 2 is 0.765 bits per heavy atom. The van der Waals surface area contributed by atoms with Crippen molar-refractivity contribution in [3.05, 3.63) is 0 Å². The van der Waals surface area contributed by atoms with Crippen molar-refractivity contribution in [2.75, 3.05) is 78.5 Å². The third-order valence-corrected chi connectivity index (χ3v) is 6.91. The van der Waals surface area contributed by atoms with E-state index in [9.17, 15) is 19.2 Å². The summed E-state index contributed by atoms with van der Waals surface area (Å²) < 4.78 is 0. The molecule has 0 aliphatic carbocycles. The Labute approximate surface area is 204 Å². The lowest BCUT2D eigenvalue weighted by atomic mass is 10.1. The van der Waals surface area contributed by atoms with Gasteiger partial charge in [0, 0.05) is 91.4 Å². The minimum absolute atomic E-state index is 0.0499. The number of unbranched alkanes of at least 4 members (excludes halogenated alkanes) is 1. The molecule has 6 amide bonds. The van der Waals surface area contributed by atoms with Crippen LogP contribution in [0.4, 0.5) is 9.59 Å². The van der Waals surface area contributed by atoms with Crippen LogP contribution in [0.25, 0.3) is 0 Å². The second-order valence-electron chi connectivity index (χ2n) is 8.85. The summed E-state index contributed by atoms with van der Waals surface area (Å²) in [7, 11) is 0. The lowest BCUT2D eigenvalue weighted by molar-refractivity contribution is -0.134. The van der Waals surface area contributed by atoms with Gasteiger partial charge in [-0.25, -0.2) is 9.59 Å². The van der Waals surface area contributed by atoms with Crippen molar-refractivity contribution in [2.24, 2.45) is 0 Å². The average Bonchev–Trinajstić information content (AvgIpc) is 2.87. The molecule has 0 saturated carbocycles. The summed E-state index contributed by atoms with van der Waals surface area (Å²) in [4.78, 5) is 60.9. The van der Waals surface area contributed by atoms with Crippen LogP contribution < -0.4 is 0 Å². The molecule has 0 N–H and O–H groups in total. The Morgan fingerprint density at radius 3 is 1.03 bits per heavy atom. The molecule has 34 heavy (non-hydrogen) atoms. The number of nitrogens with zero attached hydrogens (tertiary/aromatic N) is 6. The van der Waals surface area contributed by atoms with Crippen molar-refractivity contribution in [1.82, 2.24) is 29.4 Å². The van der Waals surface area contributed by atoms with Crippen LogP contribution in [0.15, 0.2) is 0 Å². The molecule has 0 radical (unpaired) electrons. The molecule has 10 nitrogen and oxygen atoms in total. The largest absolute Gasteiger partial charge is 0.339 e. The summed E-state index contributed by atoms with van der Waals surface area (Å²) >= 11 is 0. The predicted molar refractivity (Wildman–Crippen MR) is 131 cm³/mol. The smallest absolute Gasteiger partial charge is 0.320 e. The first-order valence-electron chi connectivity index (χ1n) is 13.0. The van der Waals surface area contributed by atoms with E-state index in [0.29, 0.717) is 104 Å². The van der Waals surface area contributed by atoms with Gasteiger partial charge in [0.15, 0.2) is 0 Å². The zero-order chi connectivity index (χ0) is 25.1. The fourth-order valence-electron chi connectivity index (χ4n) is 4.55. The topological polar surface area (TPSA) is 87.7 Å². The molecular formula is C24H44N6O4. The maximum Gasteiger partial charge on any atom is 0.320 e. The number of rotatable bonds is 9. The number of carbonyl (C=O) groups excluding carboxylic acids is 4. The van der Waals surface area contributed by atoms with Crippen LogP contribution in [-0.2, 0) is 9.59 Å². The highest BCUT2D eigenvalue weighted by Crippen LogP contribution is 2.12. The summed E-state index contributed by atoms with van der Waals surface area (Å²) in [6.45, 7) is 15.2. The first kappa shape index (κ1) is 27.7. The zero-order valence-corrected chi connectivity index (χ0v) is 21.6. The van der Waals surface area contributed by atoms with Crippen LogP contribution in [-0.4, -0.2) is 132 Å². The molecule has 0 spiro atoms. The van der Waals surface area contributed by atoms with E-state index in [2.05, 4.69) is 0 Å². The molecule has 2 fully saturated rings. The number of hydrogen-bond donors (Lipinski definition) is 0. The molecular weight excluding hydrogens is 436 g/mol. The molecule has 2 heterocycles. The second-order valence-corrected chi connectivity index (χ2v) is 8.85. The van der Waals surface area contributed by atoms with Gasteiger partial charge in [0.2, 0.25) is 11.8 Å². The molecule has 10 heteroatoms.